The largest absolute Gasteiger partial charge is 0.394 e. The zero-order valence-electron chi connectivity index (χ0n) is 7.03. The first-order valence-corrected chi connectivity index (χ1v) is 4.87. The molecule has 0 saturated carbocycles. The number of rotatable bonds is 8. The van der Waals surface area contributed by atoms with Gasteiger partial charge >= 0.3 is 0 Å². The van der Waals surface area contributed by atoms with Crippen molar-refractivity contribution in [3.05, 3.63) is 0 Å². The smallest absolute Gasteiger partial charge is 0.104 e. The fraction of sp³-hybridized carbons (Fsp3) is 1.00. The third kappa shape index (κ3) is 7.35. The van der Waals surface area contributed by atoms with Crippen LogP contribution in [0.5, 0.6) is 0 Å². The summed E-state index contributed by atoms with van der Waals surface area (Å²) in [6.07, 6.45) is 0.726. The van der Waals surface area contributed by atoms with E-state index in [1.807, 2.05) is 0 Å². The van der Waals surface area contributed by atoms with Crippen molar-refractivity contribution < 1.29 is 14.4 Å². The van der Waals surface area contributed by atoms with E-state index in [4.69, 9.17) is 14.4 Å². The van der Waals surface area contributed by atoms with Crippen LogP contribution in [0.2, 0.25) is 0 Å². The number of nitrogens with one attached hydrogen (secondary N) is 1. The standard InChI is InChI=1S/C6H17NO3P2/c8-4-6(5-10-12)9-3-1-2-7-11/h6-8H,1-5,11-12H2. The highest BCUT2D eigenvalue weighted by molar-refractivity contribution is 7.13. The van der Waals surface area contributed by atoms with E-state index < -0.39 is 0 Å². The van der Waals surface area contributed by atoms with Gasteiger partial charge in [-0.2, -0.15) is 0 Å². The lowest BCUT2D eigenvalue weighted by Gasteiger charge is -2.13. The molecule has 3 unspecified atom stereocenters. The van der Waals surface area contributed by atoms with Crippen LogP contribution in [-0.4, -0.2) is 37.6 Å². The molecule has 0 aromatic rings. The lowest BCUT2D eigenvalue weighted by Crippen LogP contribution is -2.23. The van der Waals surface area contributed by atoms with Gasteiger partial charge in [-0.05, 0) is 6.42 Å². The highest BCUT2D eigenvalue weighted by Crippen LogP contribution is 1.96. The molecule has 0 saturated heterocycles. The summed E-state index contributed by atoms with van der Waals surface area (Å²) >= 11 is 0. The van der Waals surface area contributed by atoms with Gasteiger partial charge in [-0.15, -0.1) is 0 Å². The van der Waals surface area contributed by atoms with E-state index in [-0.39, 0.29) is 12.7 Å². The molecule has 0 rings (SSSR count). The molecule has 12 heavy (non-hydrogen) atoms. The molecule has 0 aromatic carbocycles. The van der Waals surface area contributed by atoms with Crippen LogP contribution >= 0.6 is 18.9 Å². The maximum absolute atomic E-state index is 8.78. The topological polar surface area (TPSA) is 50.7 Å². The lowest BCUT2D eigenvalue weighted by molar-refractivity contribution is -0.0103. The minimum absolute atomic E-state index is 0.00268. The van der Waals surface area contributed by atoms with Gasteiger partial charge in [0.25, 0.3) is 0 Å². The van der Waals surface area contributed by atoms with Crippen LogP contribution in [0.4, 0.5) is 0 Å². The lowest BCUT2D eigenvalue weighted by atomic mass is 10.4. The predicted octanol–water partition coefficient (Wildman–Crippen LogP) is -0.0596. The average Bonchev–Trinajstić information content (AvgIpc) is 2.10. The van der Waals surface area contributed by atoms with Crippen LogP contribution in [0.15, 0.2) is 0 Å². The molecule has 3 atom stereocenters. The molecule has 0 spiro atoms. The Bertz CT molecular complexity index is 96.9. The van der Waals surface area contributed by atoms with Gasteiger partial charge in [-0.3, -0.25) is 0 Å². The molecule has 0 aliphatic carbocycles. The third-order valence-corrected chi connectivity index (χ3v) is 1.79. The van der Waals surface area contributed by atoms with Crippen molar-refractivity contribution in [1.29, 1.82) is 0 Å². The van der Waals surface area contributed by atoms with Crippen molar-refractivity contribution >= 4 is 18.9 Å². The van der Waals surface area contributed by atoms with Crippen molar-refractivity contribution in [2.24, 2.45) is 0 Å². The van der Waals surface area contributed by atoms with Gasteiger partial charge in [0.05, 0.1) is 13.2 Å². The molecule has 6 heteroatoms. The predicted molar refractivity (Wildman–Crippen MR) is 54.8 cm³/mol. The van der Waals surface area contributed by atoms with Crippen molar-refractivity contribution in [3.8, 4) is 0 Å². The van der Waals surface area contributed by atoms with Crippen molar-refractivity contribution in [2.75, 3.05) is 26.4 Å². The summed E-state index contributed by atoms with van der Waals surface area (Å²) in [6.45, 7) is 1.95. The van der Waals surface area contributed by atoms with Gasteiger partial charge in [0.2, 0.25) is 0 Å². The molecule has 4 nitrogen and oxygen atoms in total. The van der Waals surface area contributed by atoms with Gasteiger partial charge < -0.3 is 19.5 Å². The number of aliphatic hydroxyl groups excluding tert-OH is 1. The first-order valence-electron chi connectivity index (χ1n) is 3.82. The Hall–Kier alpha value is 0.700. The second kappa shape index (κ2) is 9.79. The molecule has 0 aromatic heterocycles. The van der Waals surface area contributed by atoms with Crippen LogP contribution < -0.4 is 5.09 Å². The van der Waals surface area contributed by atoms with Gasteiger partial charge in [0, 0.05) is 22.6 Å². The fourth-order valence-electron chi connectivity index (χ4n) is 0.685. The van der Waals surface area contributed by atoms with Gasteiger partial charge in [-0.25, -0.2) is 0 Å². The van der Waals surface area contributed by atoms with Gasteiger partial charge in [0.15, 0.2) is 0 Å². The molecular weight excluding hydrogens is 196 g/mol. The second-order valence-corrected chi connectivity index (χ2v) is 3.06. The summed E-state index contributed by atoms with van der Waals surface area (Å²) in [7, 11) is 4.56. The Morgan fingerprint density at radius 1 is 1.50 bits per heavy atom. The van der Waals surface area contributed by atoms with Crippen LogP contribution in [0, 0.1) is 0 Å². The summed E-state index contributed by atoms with van der Waals surface area (Å²) < 4.78 is 10.1. The molecule has 0 aliphatic heterocycles. The SMILES string of the molecule is OCC(COP)OCCCNP. The number of aliphatic hydroxyl groups is 1. The number of hydrogen-bond donors (Lipinski definition) is 2. The first-order chi connectivity index (χ1) is 5.85. The molecule has 0 amide bonds. The fourth-order valence-corrected chi connectivity index (χ4v) is 1.10. The van der Waals surface area contributed by atoms with Crippen LogP contribution in [0.1, 0.15) is 6.42 Å². The van der Waals surface area contributed by atoms with E-state index in [0.29, 0.717) is 13.2 Å². The average molecular weight is 213 g/mol. The Balaban J connectivity index is 3.19. The van der Waals surface area contributed by atoms with Crippen LogP contribution in [0.3, 0.4) is 0 Å². The van der Waals surface area contributed by atoms with E-state index in [1.54, 1.807) is 0 Å². The zero-order chi connectivity index (χ0) is 9.23. The van der Waals surface area contributed by atoms with E-state index in [2.05, 4.69) is 23.9 Å². The maximum Gasteiger partial charge on any atom is 0.104 e. The molecule has 0 radical (unpaired) electrons. The van der Waals surface area contributed by atoms with Crippen molar-refractivity contribution in [3.63, 3.8) is 0 Å². The van der Waals surface area contributed by atoms with E-state index >= 15 is 0 Å². The maximum atomic E-state index is 8.78. The summed E-state index contributed by atoms with van der Waals surface area (Å²) in [5, 5.41) is 11.7. The monoisotopic (exact) mass is 213 g/mol. The summed E-state index contributed by atoms with van der Waals surface area (Å²) in [6, 6.07) is 0. The second-order valence-electron chi connectivity index (χ2n) is 2.32. The van der Waals surface area contributed by atoms with Crippen LogP contribution in [-0.2, 0) is 9.26 Å². The van der Waals surface area contributed by atoms with Crippen molar-refractivity contribution in [1.82, 2.24) is 5.09 Å². The van der Waals surface area contributed by atoms with E-state index in [1.165, 1.54) is 0 Å². The van der Waals surface area contributed by atoms with Gasteiger partial charge in [0.1, 0.15) is 6.10 Å². The third-order valence-electron chi connectivity index (χ3n) is 1.30. The van der Waals surface area contributed by atoms with Gasteiger partial charge in [-0.1, -0.05) is 9.39 Å². The highest BCUT2D eigenvalue weighted by Gasteiger charge is 2.05. The minimum atomic E-state index is -0.202. The summed E-state index contributed by atoms with van der Waals surface area (Å²) in [4.78, 5) is 0. The molecule has 0 fully saturated rings. The molecule has 2 N–H and O–H groups in total. The van der Waals surface area contributed by atoms with E-state index in [9.17, 15) is 0 Å². The van der Waals surface area contributed by atoms with E-state index in [0.717, 1.165) is 13.0 Å². The molecule has 74 valence electrons. The highest BCUT2D eigenvalue weighted by atomic mass is 31.0. The Morgan fingerprint density at radius 3 is 2.75 bits per heavy atom. The normalized spacial score (nSPS) is 13.2. The molecule has 0 heterocycles. The van der Waals surface area contributed by atoms with Crippen molar-refractivity contribution in [2.45, 2.75) is 12.5 Å². The molecular formula is C6H17NO3P2. The summed E-state index contributed by atoms with van der Waals surface area (Å²) in [5.74, 6) is 0. The Morgan fingerprint density at radius 2 is 2.25 bits per heavy atom. The quantitative estimate of drug-likeness (QED) is 0.438. The Kier molecular flexibility index (Phi) is 10.4. The minimum Gasteiger partial charge on any atom is -0.394 e. The number of hydrogen-bond acceptors (Lipinski definition) is 4. The molecule has 0 aliphatic rings. The molecule has 0 bridgehead atoms. The zero-order valence-corrected chi connectivity index (χ0v) is 9.34. The van der Waals surface area contributed by atoms with Crippen LogP contribution in [0.25, 0.3) is 0 Å². The Labute approximate surface area is 77.9 Å². The summed E-state index contributed by atoms with van der Waals surface area (Å²) in [5.41, 5.74) is 0. The first kappa shape index (κ1) is 12.7. The number of ether oxygens (including phenoxy) is 1.